The second kappa shape index (κ2) is 6.06. The van der Waals surface area contributed by atoms with E-state index in [1.807, 2.05) is 12.3 Å². The molecule has 3 rings (SSSR count). The van der Waals surface area contributed by atoms with Crippen molar-refractivity contribution in [3.05, 3.63) is 70.8 Å². The molecular formula is C17H15BrN2. The van der Waals surface area contributed by atoms with E-state index in [0.29, 0.717) is 0 Å². The van der Waals surface area contributed by atoms with Crippen molar-refractivity contribution in [1.29, 1.82) is 0 Å². The summed E-state index contributed by atoms with van der Waals surface area (Å²) in [5, 5.41) is 4.62. The van der Waals surface area contributed by atoms with Gasteiger partial charge in [-0.1, -0.05) is 42.5 Å². The molecule has 0 bridgehead atoms. The summed E-state index contributed by atoms with van der Waals surface area (Å²) in [6.45, 7) is 0.904. The van der Waals surface area contributed by atoms with Gasteiger partial charge in [0.2, 0.25) is 0 Å². The zero-order chi connectivity index (χ0) is 13.8. The van der Waals surface area contributed by atoms with Crippen LogP contribution < -0.4 is 5.32 Å². The van der Waals surface area contributed by atoms with Gasteiger partial charge in [-0.15, -0.1) is 0 Å². The number of rotatable bonds is 4. The normalized spacial score (nSPS) is 10.7. The molecule has 1 heterocycles. The van der Waals surface area contributed by atoms with Crippen molar-refractivity contribution >= 4 is 32.5 Å². The van der Waals surface area contributed by atoms with E-state index in [0.717, 1.165) is 34.0 Å². The lowest BCUT2D eigenvalue weighted by molar-refractivity contribution is 1.02. The van der Waals surface area contributed by atoms with Crippen LogP contribution in [0.4, 0.5) is 5.69 Å². The molecule has 100 valence electrons. The first kappa shape index (κ1) is 13.1. The van der Waals surface area contributed by atoms with E-state index in [1.54, 1.807) is 0 Å². The van der Waals surface area contributed by atoms with Gasteiger partial charge in [0, 0.05) is 22.6 Å². The number of fused-ring (bicyclic) bond motifs is 1. The Balaban J connectivity index is 1.74. The second-order valence-electron chi connectivity index (χ2n) is 4.69. The molecule has 0 unspecified atom stereocenters. The summed E-state index contributed by atoms with van der Waals surface area (Å²) < 4.78 is 1.01. The van der Waals surface area contributed by atoms with E-state index in [-0.39, 0.29) is 0 Å². The predicted octanol–water partition coefficient (Wildman–Crippen LogP) is 4.65. The number of para-hydroxylation sites is 1. The van der Waals surface area contributed by atoms with Gasteiger partial charge in [-0.3, -0.25) is 4.98 Å². The number of pyridine rings is 1. The van der Waals surface area contributed by atoms with Crippen molar-refractivity contribution in [3.63, 3.8) is 0 Å². The summed E-state index contributed by atoms with van der Waals surface area (Å²) in [5.74, 6) is 0. The quantitative estimate of drug-likeness (QED) is 0.754. The highest BCUT2D eigenvalue weighted by atomic mass is 79.9. The first-order chi connectivity index (χ1) is 9.83. The summed E-state index contributed by atoms with van der Waals surface area (Å²) >= 11 is 3.46. The lowest BCUT2D eigenvalue weighted by Crippen LogP contribution is -2.05. The summed E-state index contributed by atoms with van der Waals surface area (Å²) in [5.41, 5.74) is 3.45. The Hall–Kier alpha value is -1.87. The SMILES string of the molecule is Brc1cnc2c(NCCc3ccccc3)cccc2c1. The summed E-state index contributed by atoms with van der Waals surface area (Å²) in [7, 11) is 0. The molecule has 0 aliphatic heterocycles. The molecule has 20 heavy (non-hydrogen) atoms. The fraction of sp³-hybridized carbons (Fsp3) is 0.118. The Bertz CT molecular complexity index is 711. The smallest absolute Gasteiger partial charge is 0.0934 e. The maximum Gasteiger partial charge on any atom is 0.0934 e. The Morgan fingerprint density at radius 2 is 1.85 bits per heavy atom. The predicted molar refractivity (Wildman–Crippen MR) is 88.1 cm³/mol. The second-order valence-corrected chi connectivity index (χ2v) is 5.61. The minimum absolute atomic E-state index is 0.904. The van der Waals surface area contributed by atoms with Crippen molar-refractivity contribution in [2.75, 3.05) is 11.9 Å². The van der Waals surface area contributed by atoms with E-state index in [4.69, 9.17) is 0 Å². The molecule has 0 saturated carbocycles. The van der Waals surface area contributed by atoms with Gasteiger partial charge in [-0.2, -0.15) is 0 Å². The highest BCUT2D eigenvalue weighted by molar-refractivity contribution is 9.10. The van der Waals surface area contributed by atoms with Crippen molar-refractivity contribution in [2.45, 2.75) is 6.42 Å². The number of hydrogen-bond acceptors (Lipinski definition) is 2. The highest BCUT2D eigenvalue weighted by Gasteiger charge is 2.02. The molecule has 3 aromatic rings. The molecule has 0 spiro atoms. The van der Waals surface area contributed by atoms with Crippen LogP contribution in [0.1, 0.15) is 5.56 Å². The third kappa shape index (κ3) is 2.99. The summed E-state index contributed by atoms with van der Waals surface area (Å²) in [4.78, 5) is 4.50. The third-order valence-corrected chi connectivity index (χ3v) is 3.68. The number of benzene rings is 2. The van der Waals surface area contributed by atoms with Gasteiger partial charge in [0.05, 0.1) is 11.2 Å². The minimum atomic E-state index is 0.904. The van der Waals surface area contributed by atoms with Gasteiger partial charge < -0.3 is 5.32 Å². The molecule has 0 amide bonds. The van der Waals surface area contributed by atoms with Crippen molar-refractivity contribution < 1.29 is 0 Å². The fourth-order valence-corrected chi connectivity index (χ4v) is 2.61. The minimum Gasteiger partial charge on any atom is -0.383 e. The molecule has 1 aromatic heterocycles. The summed E-state index contributed by atoms with van der Waals surface area (Å²) in [6.07, 6.45) is 2.85. The molecule has 0 radical (unpaired) electrons. The zero-order valence-electron chi connectivity index (χ0n) is 11.0. The number of anilines is 1. The average molecular weight is 327 g/mol. The van der Waals surface area contributed by atoms with E-state index in [2.05, 4.69) is 74.8 Å². The van der Waals surface area contributed by atoms with Crippen LogP contribution in [0.5, 0.6) is 0 Å². The van der Waals surface area contributed by atoms with Crippen LogP contribution in [0.3, 0.4) is 0 Å². The van der Waals surface area contributed by atoms with Gasteiger partial charge in [0.1, 0.15) is 0 Å². The lowest BCUT2D eigenvalue weighted by atomic mass is 10.1. The van der Waals surface area contributed by atoms with Crippen LogP contribution >= 0.6 is 15.9 Å². The van der Waals surface area contributed by atoms with Crippen molar-refractivity contribution in [2.24, 2.45) is 0 Å². The van der Waals surface area contributed by atoms with Crippen LogP contribution in [0.2, 0.25) is 0 Å². The number of nitrogens with one attached hydrogen (secondary N) is 1. The van der Waals surface area contributed by atoms with Gasteiger partial charge >= 0.3 is 0 Å². The first-order valence-electron chi connectivity index (χ1n) is 6.65. The molecule has 0 aliphatic rings. The molecule has 0 saturated heterocycles. The van der Waals surface area contributed by atoms with E-state index >= 15 is 0 Å². The van der Waals surface area contributed by atoms with Gasteiger partial charge in [0.15, 0.2) is 0 Å². The molecule has 2 nitrogen and oxygen atoms in total. The lowest BCUT2D eigenvalue weighted by Gasteiger charge is -2.09. The maximum absolute atomic E-state index is 4.50. The molecule has 3 heteroatoms. The standard InChI is InChI=1S/C17H15BrN2/c18-15-11-14-7-4-8-16(17(14)20-12-15)19-10-9-13-5-2-1-3-6-13/h1-8,11-12,19H,9-10H2. The molecule has 0 aliphatic carbocycles. The van der Waals surface area contributed by atoms with E-state index in [1.165, 1.54) is 5.56 Å². The molecule has 2 aromatic carbocycles. The largest absolute Gasteiger partial charge is 0.383 e. The Kier molecular flexibility index (Phi) is 3.97. The van der Waals surface area contributed by atoms with Gasteiger partial charge in [0.25, 0.3) is 0 Å². The molecule has 0 atom stereocenters. The van der Waals surface area contributed by atoms with Gasteiger partial charge in [-0.25, -0.2) is 0 Å². The number of halogens is 1. The Morgan fingerprint density at radius 1 is 1.00 bits per heavy atom. The Labute approximate surface area is 127 Å². The average Bonchev–Trinajstić information content (AvgIpc) is 2.48. The van der Waals surface area contributed by atoms with Crippen LogP contribution in [0.25, 0.3) is 10.9 Å². The maximum atomic E-state index is 4.50. The van der Waals surface area contributed by atoms with Crippen LogP contribution in [0, 0.1) is 0 Å². The molecular weight excluding hydrogens is 312 g/mol. The van der Waals surface area contributed by atoms with E-state index in [9.17, 15) is 0 Å². The molecule has 1 N–H and O–H groups in total. The molecule has 0 fully saturated rings. The Morgan fingerprint density at radius 3 is 2.70 bits per heavy atom. The van der Waals surface area contributed by atoms with E-state index < -0.39 is 0 Å². The number of hydrogen-bond donors (Lipinski definition) is 1. The monoisotopic (exact) mass is 326 g/mol. The van der Waals surface area contributed by atoms with Crippen LogP contribution in [-0.2, 0) is 6.42 Å². The van der Waals surface area contributed by atoms with Crippen molar-refractivity contribution in [3.8, 4) is 0 Å². The first-order valence-corrected chi connectivity index (χ1v) is 7.44. The third-order valence-electron chi connectivity index (χ3n) is 3.25. The fourth-order valence-electron chi connectivity index (χ4n) is 2.26. The van der Waals surface area contributed by atoms with Gasteiger partial charge in [-0.05, 0) is 40.0 Å². The number of nitrogens with zero attached hydrogens (tertiary/aromatic N) is 1. The zero-order valence-corrected chi connectivity index (χ0v) is 12.6. The van der Waals surface area contributed by atoms with Crippen molar-refractivity contribution in [1.82, 2.24) is 4.98 Å². The summed E-state index contributed by atoms with van der Waals surface area (Å²) in [6, 6.07) is 18.8. The van der Waals surface area contributed by atoms with Crippen LogP contribution in [0.15, 0.2) is 65.3 Å². The van der Waals surface area contributed by atoms with Crippen LogP contribution in [-0.4, -0.2) is 11.5 Å². The topological polar surface area (TPSA) is 24.9 Å². The highest BCUT2D eigenvalue weighted by Crippen LogP contribution is 2.23. The number of aromatic nitrogens is 1.